The smallest absolute Gasteiger partial charge is 0.329 e. The van der Waals surface area contributed by atoms with E-state index in [2.05, 4.69) is 10.1 Å². The lowest BCUT2D eigenvalue weighted by Crippen LogP contribution is -2.37. The number of hydrogen-bond donors (Lipinski definition) is 2. The summed E-state index contributed by atoms with van der Waals surface area (Å²) in [4.78, 5) is 29.2. The Hall–Kier alpha value is -3.11. The Balaban J connectivity index is 0.000000527. The van der Waals surface area contributed by atoms with E-state index in [0.717, 1.165) is 92.9 Å². The number of aryl methyl sites for hydroxylation is 2. The van der Waals surface area contributed by atoms with E-state index in [1.807, 2.05) is 11.5 Å². The molecule has 188 valence electrons. The maximum atomic E-state index is 13.4. The van der Waals surface area contributed by atoms with E-state index in [0.29, 0.717) is 11.5 Å². The van der Waals surface area contributed by atoms with Crippen LogP contribution in [0, 0.1) is 12.7 Å². The zero-order valence-corrected chi connectivity index (χ0v) is 19.9. The number of hydrogen-bond acceptors (Lipinski definition) is 7. The van der Waals surface area contributed by atoms with Crippen LogP contribution < -0.4 is 5.56 Å². The van der Waals surface area contributed by atoms with Crippen molar-refractivity contribution in [2.75, 3.05) is 26.2 Å². The highest BCUT2D eigenvalue weighted by Crippen LogP contribution is 2.32. The largest absolute Gasteiger partial charge is 0.480 e. The molecular formula is C25H31FN4O5. The van der Waals surface area contributed by atoms with Crippen molar-refractivity contribution in [3.63, 3.8) is 0 Å². The number of aliphatic carboxylic acids is 1. The van der Waals surface area contributed by atoms with Gasteiger partial charge in [-0.2, -0.15) is 0 Å². The zero-order chi connectivity index (χ0) is 24.9. The van der Waals surface area contributed by atoms with Crippen LogP contribution in [-0.2, 0) is 24.2 Å². The number of piperidine rings is 1. The summed E-state index contributed by atoms with van der Waals surface area (Å²) in [6.07, 6.45) is 5.81. The number of likely N-dealkylation sites (tertiary alicyclic amines) is 1. The third-order valence-electron chi connectivity index (χ3n) is 6.83. The summed E-state index contributed by atoms with van der Waals surface area (Å²) in [7, 11) is 0. The highest BCUT2D eigenvalue weighted by Gasteiger charge is 2.25. The van der Waals surface area contributed by atoms with Crippen LogP contribution in [-0.4, -0.2) is 62.0 Å². The first-order valence-electron chi connectivity index (χ1n) is 12.1. The van der Waals surface area contributed by atoms with Crippen LogP contribution in [0.4, 0.5) is 4.39 Å². The fraction of sp³-hybridized carbons (Fsp3) is 0.520. The van der Waals surface area contributed by atoms with Crippen molar-refractivity contribution in [3.05, 3.63) is 57.1 Å². The van der Waals surface area contributed by atoms with Crippen LogP contribution in [0.3, 0.4) is 0 Å². The Morgan fingerprint density at radius 2 is 1.97 bits per heavy atom. The molecule has 9 nitrogen and oxygen atoms in total. The minimum Gasteiger partial charge on any atom is -0.480 e. The zero-order valence-electron chi connectivity index (χ0n) is 19.9. The van der Waals surface area contributed by atoms with Crippen molar-refractivity contribution in [1.29, 1.82) is 0 Å². The number of aliphatic hydroxyl groups excluding tert-OH is 1. The first kappa shape index (κ1) is 25.0. The molecule has 2 aliphatic heterocycles. The summed E-state index contributed by atoms with van der Waals surface area (Å²) in [5, 5.41) is 20.2. The van der Waals surface area contributed by atoms with Gasteiger partial charge in [-0.1, -0.05) is 5.16 Å². The molecule has 1 saturated heterocycles. The Labute approximate surface area is 202 Å². The van der Waals surface area contributed by atoms with Gasteiger partial charge in [0.25, 0.3) is 5.56 Å². The van der Waals surface area contributed by atoms with Gasteiger partial charge in [-0.05, 0) is 64.3 Å². The van der Waals surface area contributed by atoms with Gasteiger partial charge >= 0.3 is 5.97 Å². The van der Waals surface area contributed by atoms with Crippen LogP contribution in [0.15, 0.2) is 27.5 Å². The van der Waals surface area contributed by atoms with Crippen LogP contribution in [0.25, 0.3) is 11.0 Å². The average Bonchev–Trinajstić information content (AvgIpc) is 3.27. The quantitative estimate of drug-likeness (QED) is 0.565. The van der Waals surface area contributed by atoms with E-state index in [9.17, 15) is 9.18 Å². The predicted octanol–water partition coefficient (Wildman–Crippen LogP) is 2.65. The van der Waals surface area contributed by atoms with Gasteiger partial charge in [-0.3, -0.25) is 9.36 Å². The minimum absolute atomic E-state index is 0.161. The van der Waals surface area contributed by atoms with E-state index in [4.69, 9.17) is 24.5 Å². The molecule has 0 atom stereocenters. The fourth-order valence-electron chi connectivity index (χ4n) is 4.94. The van der Waals surface area contributed by atoms with Crippen LogP contribution >= 0.6 is 0 Å². The number of aromatic nitrogens is 3. The number of benzene rings is 1. The number of halogens is 1. The molecule has 0 saturated carbocycles. The van der Waals surface area contributed by atoms with Crippen molar-refractivity contribution in [2.24, 2.45) is 0 Å². The Morgan fingerprint density at radius 1 is 1.23 bits per heavy atom. The second-order valence-corrected chi connectivity index (χ2v) is 9.13. The second-order valence-electron chi connectivity index (χ2n) is 9.13. The van der Waals surface area contributed by atoms with Crippen LogP contribution in [0.1, 0.15) is 54.4 Å². The lowest BCUT2D eigenvalue weighted by molar-refractivity contribution is -0.140. The molecule has 0 aliphatic carbocycles. The summed E-state index contributed by atoms with van der Waals surface area (Å²) in [6.45, 7) is 4.78. The van der Waals surface area contributed by atoms with Crippen molar-refractivity contribution >= 4 is 16.9 Å². The molecule has 0 radical (unpaired) electrons. The predicted molar refractivity (Wildman–Crippen MR) is 127 cm³/mol. The van der Waals surface area contributed by atoms with Gasteiger partial charge in [0, 0.05) is 48.1 Å². The maximum absolute atomic E-state index is 13.4. The molecule has 0 amide bonds. The molecule has 2 N–H and O–H groups in total. The van der Waals surface area contributed by atoms with Crippen molar-refractivity contribution < 1.29 is 23.9 Å². The molecule has 1 fully saturated rings. The molecular weight excluding hydrogens is 455 g/mol. The van der Waals surface area contributed by atoms with E-state index >= 15 is 0 Å². The number of aliphatic hydroxyl groups is 1. The number of carbonyl (C=O) groups is 1. The molecule has 0 unspecified atom stereocenters. The van der Waals surface area contributed by atoms with Crippen LogP contribution in [0.5, 0.6) is 0 Å². The van der Waals surface area contributed by atoms with Crippen molar-refractivity contribution in [3.8, 4) is 0 Å². The Bertz CT molecular complexity index is 1250. The van der Waals surface area contributed by atoms with Gasteiger partial charge < -0.3 is 19.6 Å². The summed E-state index contributed by atoms with van der Waals surface area (Å²) >= 11 is 0. The number of carboxylic acids is 1. The molecule has 2 aromatic heterocycles. The number of carboxylic acid groups (broad SMARTS) is 1. The lowest BCUT2D eigenvalue weighted by atomic mass is 9.91. The summed E-state index contributed by atoms with van der Waals surface area (Å²) < 4.78 is 20.6. The van der Waals surface area contributed by atoms with Gasteiger partial charge in [0.05, 0.1) is 5.69 Å². The molecule has 4 heterocycles. The Morgan fingerprint density at radius 3 is 2.69 bits per heavy atom. The Kier molecular flexibility index (Phi) is 7.92. The molecule has 1 aromatic carbocycles. The first-order valence-corrected chi connectivity index (χ1v) is 12.1. The van der Waals surface area contributed by atoms with E-state index < -0.39 is 12.6 Å². The molecule has 2 aliphatic rings. The van der Waals surface area contributed by atoms with Gasteiger partial charge in [0.15, 0.2) is 5.58 Å². The third kappa shape index (κ3) is 5.76. The molecule has 5 rings (SSSR count). The van der Waals surface area contributed by atoms with Gasteiger partial charge in [0.2, 0.25) is 0 Å². The highest BCUT2D eigenvalue weighted by molar-refractivity contribution is 5.79. The minimum atomic E-state index is -1.19. The fourth-order valence-corrected chi connectivity index (χ4v) is 4.94. The number of nitrogens with zero attached hydrogens (tertiary/aromatic N) is 4. The SMILES string of the molecule is Cc1nc2n(c(=O)c1CCN1CCC(c3noc4cc(F)ccc34)CC1)CCCC2.O=C(O)CO. The molecule has 0 bridgehead atoms. The maximum Gasteiger partial charge on any atom is 0.329 e. The average molecular weight is 487 g/mol. The number of fused-ring (bicyclic) bond motifs is 2. The van der Waals surface area contributed by atoms with Crippen molar-refractivity contribution in [1.82, 2.24) is 19.6 Å². The third-order valence-corrected chi connectivity index (χ3v) is 6.83. The summed E-state index contributed by atoms with van der Waals surface area (Å²) in [5.74, 6) is -0.216. The topological polar surface area (TPSA) is 122 Å². The lowest BCUT2D eigenvalue weighted by Gasteiger charge is -2.31. The summed E-state index contributed by atoms with van der Waals surface area (Å²) in [5.41, 5.74) is 3.38. The van der Waals surface area contributed by atoms with Gasteiger partial charge in [-0.25, -0.2) is 14.2 Å². The number of rotatable bonds is 5. The second kappa shape index (κ2) is 11.1. The van der Waals surface area contributed by atoms with E-state index in [-0.39, 0.29) is 11.4 Å². The van der Waals surface area contributed by atoms with Gasteiger partial charge in [-0.15, -0.1) is 0 Å². The molecule has 35 heavy (non-hydrogen) atoms. The van der Waals surface area contributed by atoms with Crippen molar-refractivity contribution in [2.45, 2.75) is 57.9 Å². The monoisotopic (exact) mass is 486 g/mol. The first-order chi connectivity index (χ1) is 16.9. The normalized spacial score (nSPS) is 16.5. The van der Waals surface area contributed by atoms with Gasteiger partial charge in [0.1, 0.15) is 18.2 Å². The van der Waals surface area contributed by atoms with E-state index in [1.54, 1.807) is 6.07 Å². The molecule has 0 spiro atoms. The summed E-state index contributed by atoms with van der Waals surface area (Å²) in [6, 6.07) is 4.63. The molecule has 10 heteroatoms. The van der Waals surface area contributed by atoms with E-state index in [1.165, 1.54) is 12.1 Å². The standard InChI is InChI=1S/C23H27FN4O2.C2H4O3/c1-15-18(23(29)28-10-3-2-4-21(28)25-15)9-13-27-11-7-16(8-12-27)22-19-6-5-17(24)14-20(19)30-26-22;3-1-2(4)5/h5-6,14,16H,2-4,7-13H2,1H3;3H,1H2,(H,4,5). The van der Waals surface area contributed by atoms with Crippen LogP contribution in [0.2, 0.25) is 0 Å². The highest BCUT2D eigenvalue weighted by atomic mass is 19.1. The molecule has 3 aromatic rings.